The van der Waals surface area contributed by atoms with Crippen molar-refractivity contribution < 1.29 is 9.90 Å². The van der Waals surface area contributed by atoms with Crippen LogP contribution < -0.4 is 5.43 Å². The number of H-pyrrole nitrogens is 1. The summed E-state index contributed by atoms with van der Waals surface area (Å²) in [7, 11) is 0. The number of aromatic nitrogens is 2. The Morgan fingerprint density at radius 3 is 2.83 bits per heavy atom. The third-order valence-corrected chi connectivity index (χ3v) is 4.53. The van der Waals surface area contributed by atoms with Crippen molar-refractivity contribution >= 4 is 34.6 Å². The van der Waals surface area contributed by atoms with Gasteiger partial charge in [-0.3, -0.25) is 9.89 Å². The summed E-state index contributed by atoms with van der Waals surface area (Å²) < 4.78 is 0.661. The number of phenolic OH excluding ortho intramolecular Hbond substituents is 1. The summed E-state index contributed by atoms with van der Waals surface area (Å²) in [5, 5.41) is 20.6. The highest BCUT2D eigenvalue weighted by Crippen LogP contribution is 2.29. The van der Waals surface area contributed by atoms with Crippen molar-refractivity contribution in [3.8, 4) is 16.3 Å². The number of para-hydroxylation sites is 1. The number of hydrogen-bond acceptors (Lipinski definition) is 5. The fourth-order valence-corrected chi connectivity index (χ4v) is 3.06. The van der Waals surface area contributed by atoms with Crippen LogP contribution in [0.25, 0.3) is 10.6 Å². The van der Waals surface area contributed by atoms with Crippen LogP contribution >= 0.6 is 22.9 Å². The summed E-state index contributed by atoms with van der Waals surface area (Å²) in [5.74, 6) is -0.348. The van der Waals surface area contributed by atoms with Crippen molar-refractivity contribution in [1.82, 2.24) is 15.6 Å². The number of nitrogens with zero attached hydrogens (tertiary/aromatic N) is 2. The first-order chi connectivity index (χ1) is 11.5. The van der Waals surface area contributed by atoms with Crippen molar-refractivity contribution in [2.75, 3.05) is 0 Å². The lowest BCUT2D eigenvalue weighted by Gasteiger charge is -2.03. The second-order valence-corrected chi connectivity index (χ2v) is 6.64. The van der Waals surface area contributed by atoms with E-state index in [0.29, 0.717) is 21.3 Å². The molecule has 0 atom stereocenters. The summed E-state index contributed by atoms with van der Waals surface area (Å²) in [6.45, 7) is 1.69. The Kier molecular flexibility index (Phi) is 4.64. The molecule has 24 heavy (non-hydrogen) atoms. The van der Waals surface area contributed by atoms with Gasteiger partial charge in [-0.05, 0) is 37.3 Å². The van der Waals surface area contributed by atoms with Gasteiger partial charge in [-0.1, -0.05) is 23.7 Å². The van der Waals surface area contributed by atoms with Gasteiger partial charge in [0.25, 0.3) is 5.91 Å². The van der Waals surface area contributed by atoms with Gasteiger partial charge >= 0.3 is 0 Å². The first-order valence-electron chi connectivity index (χ1n) is 6.98. The summed E-state index contributed by atoms with van der Waals surface area (Å²) in [6.07, 6.45) is 0. The lowest BCUT2D eigenvalue weighted by Crippen LogP contribution is -2.19. The number of rotatable bonds is 4. The highest BCUT2D eigenvalue weighted by atomic mass is 35.5. The maximum atomic E-state index is 12.1. The molecule has 0 radical (unpaired) electrons. The van der Waals surface area contributed by atoms with E-state index in [1.165, 1.54) is 11.3 Å². The molecule has 2 heterocycles. The number of hydrazone groups is 1. The van der Waals surface area contributed by atoms with Crippen LogP contribution in [0.5, 0.6) is 5.75 Å². The zero-order valence-electron chi connectivity index (χ0n) is 12.6. The van der Waals surface area contributed by atoms with E-state index < -0.39 is 5.91 Å². The molecule has 0 fully saturated rings. The lowest BCUT2D eigenvalue weighted by atomic mass is 10.1. The van der Waals surface area contributed by atoms with Crippen LogP contribution in [0, 0.1) is 0 Å². The third kappa shape index (κ3) is 3.47. The predicted octanol–water partition coefficient (Wildman–Crippen LogP) is 3.65. The summed E-state index contributed by atoms with van der Waals surface area (Å²) >= 11 is 7.29. The quantitative estimate of drug-likeness (QED) is 0.490. The van der Waals surface area contributed by atoms with Gasteiger partial charge in [0, 0.05) is 5.56 Å². The number of halogens is 1. The molecule has 0 bridgehead atoms. The molecule has 122 valence electrons. The highest BCUT2D eigenvalue weighted by Gasteiger charge is 2.12. The molecule has 8 heteroatoms. The number of thiophene rings is 1. The molecule has 3 aromatic rings. The second kappa shape index (κ2) is 6.86. The first-order valence-corrected chi connectivity index (χ1v) is 8.18. The van der Waals surface area contributed by atoms with Gasteiger partial charge in [0.1, 0.15) is 5.75 Å². The molecule has 0 saturated heterocycles. The minimum atomic E-state index is -0.449. The van der Waals surface area contributed by atoms with Gasteiger partial charge in [0.15, 0.2) is 5.69 Å². The Balaban J connectivity index is 1.73. The molecular formula is C16H13ClN4O2S. The standard InChI is InChI=1S/C16H13ClN4O2S/c1-9(10-4-2-3-5-13(10)22)18-21-16(23)12-8-11(19-20-12)14-6-7-15(17)24-14/h2-8,22H,1H3,(H,19,20)(H,21,23)/b18-9-. The maximum Gasteiger partial charge on any atom is 0.291 e. The van der Waals surface area contributed by atoms with Crippen LogP contribution in [0.1, 0.15) is 23.0 Å². The molecule has 0 aliphatic rings. The lowest BCUT2D eigenvalue weighted by molar-refractivity contribution is 0.0950. The van der Waals surface area contributed by atoms with Crippen LogP contribution in [0.4, 0.5) is 0 Å². The fourth-order valence-electron chi connectivity index (χ4n) is 2.06. The Morgan fingerprint density at radius 1 is 1.33 bits per heavy atom. The third-order valence-electron chi connectivity index (χ3n) is 3.27. The van der Waals surface area contributed by atoms with E-state index in [9.17, 15) is 9.90 Å². The zero-order chi connectivity index (χ0) is 17.1. The van der Waals surface area contributed by atoms with Crippen molar-refractivity contribution in [2.24, 2.45) is 5.10 Å². The molecule has 1 aromatic carbocycles. The van der Waals surface area contributed by atoms with Gasteiger partial charge in [-0.2, -0.15) is 10.2 Å². The number of aromatic amines is 1. The van der Waals surface area contributed by atoms with E-state index in [4.69, 9.17) is 11.6 Å². The molecule has 0 aliphatic carbocycles. The van der Waals surface area contributed by atoms with Crippen LogP contribution in [-0.4, -0.2) is 26.9 Å². The summed E-state index contributed by atoms with van der Waals surface area (Å²) in [4.78, 5) is 13.0. The molecule has 1 amide bonds. The Bertz CT molecular complexity index is 916. The van der Waals surface area contributed by atoms with Crippen molar-refractivity contribution in [2.45, 2.75) is 6.92 Å². The van der Waals surface area contributed by atoms with Gasteiger partial charge in [0.2, 0.25) is 0 Å². The minimum absolute atomic E-state index is 0.102. The SMILES string of the molecule is C/C(=N/NC(=O)c1cc(-c2ccc(Cl)s2)[nH]n1)c1ccccc1O. The monoisotopic (exact) mass is 360 g/mol. The number of phenols is 1. The summed E-state index contributed by atoms with van der Waals surface area (Å²) in [6, 6.07) is 12.0. The van der Waals surface area contributed by atoms with E-state index in [1.54, 1.807) is 43.3 Å². The molecule has 3 rings (SSSR count). The number of nitrogens with one attached hydrogen (secondary N) is 2. The fraction of sp³-hybridized carbons (Fsp3) is 0.0625. The van der Waals surface area contributed by atoms with Crippen LogP contribution in [0.2, 0.25) is 4.34 Å². The molecule has 3 N–H and O–H groups in total. The normalized spacial score (nSPS) is 11.5. The Labute approximate surface area is 146 Å². The van der Waals surface area contributed by atoms with E-state index in [-0.39, 0.29) is 11.4 Å². The number of carbonyl (C=O) groups excluding carboxylic acids is 1. The number of hydrogen-bond donors (Lipinski definition) is 3. The molecule has 2 aromatic heterocycles. The van der Waals surface area contributed by atoms with Crippen LogP contribution in [-0.2, 0) is 0 Å². The van der Waals surface area contributed by atoms with Gasteiger partial charge in [-0.25, -0.2) is 5.43 Å². The van der Waals surface area contributed by atoms with Crippen molar-refractivity contribution in [1.29, 1.82) is 0 Å². The Morgan fingerprint density at radius 2 is 2.12 bits per heavy atom. The minimum Gasteiger partial charge on any atom is -0.507 e. The van der Waals surface area contributed by atoms with Crippen molar-refractivity contribution in [3.05, 3.63) is 58.1 Å². The average molecular weight is 361 g/mol. The average Bonchev–Trinajstić information content (AvgIpc) is 3.21. The van der Waals surface area contributed by atoms with E-state index in [2.05, 4.69) is 20.7 Å². The number of benzene rings is 1. The molecule has 6 nitrogen and oxygen atoms in total. The first kappa shape index (κ1) is 16.2. The zero-order valence-corrected chi connectivity index (χ0v) is 14.1. The highest BCUT2D eigenvalue weighted by molar-refractivity contribution is 7.19. The predicted molar refractivity (Wildman–Crippen MR) is 94.7 cm³/mol. The molecule has 0 spiro atoms. The van der Waals surface area contributed by atoms with Crippen LogP contribution in [0.3, 0.4) is 0 Å². The van der Waals surface area contributed by atoms with E-state index in [1.807, 2.05) is 6.07 Å². The number of carbonyl (C=O) groups is 1. The van der Waals surface area contributed by atoms with Crippen molar-refractivity contribution in [3.63, 3.8) is 0 Å². The molecule has 0 unspecified atom stereocenters. The summed E-state index contributed by atoms with van der Waals surface area (Å²) in [5.41, 5.74) is 4.38. The van der Waals surface area contributed by atoms with Gasteiger partial charge < -0.3 is 5.11 Å². The number of aromatic hydroxyl groups is 1. The van der Waals surface area contributed by atoms with Gasteiger partial charge in [0.05, 0.1) is 20.6 Å². The molecule has 0 saturated carbocycles. The smallest absolute Gasteiger partial charge is 0.291 e. The number of amides is 1. The maximum absolute atomic E-state index is 12.1. The second-order valence-electron chi connectivity index (χ2n) is 4.93. The Hall–Kier alpha value is -2.64. The molecule has 0 aliphatic heterocycles. The largest absolute Gasteiger partial charge is 0.507 e. The van der Waals surface area contributed by atoms with E-state index in [0.717, 1.165) is 4.88 Å². The van der Waals surface area contributed by atoms with Crippen LogP contribution in [0.15, 0.2) is 47.6 Å². The van der Waals surface area contributed by atoms with Gasteiger partial charge in [-0.15, -0.1) is 11.3 Å². The van der Waals surface area contributed by atoms with E-state index >= 15 is 0 Å². The molecular weight excluding hydrogens is 348 g/mol. The topological polar surface area (TPSA) is 90.4 Å².